The van der Waals surface area contributed by atoms with Crippen LogP contribution in [0.1, 0.15) is 19.4 Å². The smallest absolute Gasteiger partial charge is 0.0991 e. The van der Waals surface area contributed by atoms with Gasteiger partial charge in [0.15, 0.2) is 0 Å². The average molecular weight is 203 g/mol. The molecule has 1 aromatic rings. The van der Waals surface area contributed by atoms with Gasteiger partial charge in [0.1, 0.15) is 0 Å². The molecule has 0 radical (unpaired) electrons. The molecule has 0 aliphatic rings. The minimum Gasteiger partial charge on any atom is -0.368 e. The summed E-state index contributed by atoms with van der Waals surface area (Å²) in [7, 11) is 0. The molecule has 3 heteroatoms. The molecule has 0 amide bonds. The standard InChI is InChI=1S/C12H17N3/c1-3-15(10(2)8-13)12-6-4-11(9-14)5-7-12/h4-7,10H,3,8,13H2,1-2H3. The molecule has 2 N–H and O–H groups in total. The Hall–Kier alpha value is -1.53. The van der Waals surface area contributed by atoms with Crippen molar-refractivity contribution in [3.63, 3.8) is 0 Å². The molecular weight excluding hydrogens is 186 g/mol. The summed E-state index contributed by atoms with van der Waals surface area (Å²) >= 11 is 0. The fourth-order valence-electron chi connectivity index (χ4n) is 1.60. The molecule has 0 heterocycles. The zero-order chi connectivity index (χ0) is 11.3. The van der Waals surface area contributed by atoms with Gasteiger partial charge in [-0.1, -0.05) is 0 Å². The largest absolute Gasteiger partial charge is 0.368 e. The van der Waals surface area contributed by atoms with Gasteiger partial charge in [-0.15, -0.1) is 0 Å². The Labute approximate surface area is 91.1 Å². The van der Waals surface area contributed by atoms with Crippen molar-refractivity contribution in [2.75, 3.05) is 18.0 Å². The van der Waals surface area contributed by atoms with Crippen LogP contribution in [0.25, 0.3) is 0 Å². The quantitative estimate of drug-likeness (QED) is 0.810. The number of nitriles is 1. The van der Waals surface area contributed by atoms with Crippen LogP contribution in [-0.2, 0) is 0 Å². The van der Waals surface area contributed by atoms with E-state index in [2.05, 4.69) is 24.8 Å². The SMILES string of the molecule is CCN(c1ccc(C#N)cc1)C(C)CN. The molecule has 0 saturated heterocycles. The van der Waals surface area contributed by atoms with E-state index in [0.717, 1.165) is 12.2 Å². The van der Waals surface area contributed by atoms with Crippen molar-refractivity contribution in [3.8, 4) is 6.07 Å². The van der Waals surface area contributed by atoms with Gasteiger partial charge in [-0.3, -0.25) is 0 Å². The first-order valence-electron chi connectivity index (χ1n) is 5.19. The van der Waals surface area contributed by atoms with E-state index >= 15 is 0 Å². The van der Waals surface area contributed by atoms with Crippen molar-refractivity contribution < 1.29 is 0 Å². The third-order valence-corrected chi connectivity index (χ3v) is 2.54. The van der Waals surface area contributed by atoms with Gasteiger partial charge < -0.3 is 10.6 Å². The Balaban J connectivity index is 2.89. The number of hydrogen-bond donors (Lipinski definition) is 1. The summed E-state index contributed by atoms with van der Waals surface area (Å²) in [4.78, 5) is 2.22. The van der Waals surface area contributed by atoms with Gasteiger partial charge in [-0.25, -0.2) is 0 Å². The van der Waals surface area contributed by atoms with Gasteiger partial charge in [0, 0.05) is 24.8 Å². The molecule has 80 valence electrons. The summed E-state index contributed by atoms with van der Waals surface area (Å²) in [6.07, 6.45) is 0. The number of nitrogens with two attached hydrogens (primary N) is 1. The second-order valence-corrected chi connectivity index (χ2v) is 3.53. The fourth-order valence-corrected chi connectivity index (χ4v) is 1.60. The molecule has 0 fully saturated rings. The molecule has 0 spiro atoms. The van der Waals surface area contributed by atoms with E-state index in [0.29, 0.717) is 18.2 Å². The predicted octanol–water partition coefficient (Wildman–Crippen LogP) is 1.73. The van der Waals surface area contributed by atoms with Gasteiger partial charge in [-0.2, -0.15) is 5.26 Å². The van der Waals surface area contributed by atoms with Crippen LogP contribution in [0, 0.1) is 11.3 Å². The summed E-state index contributed by atoms with van der Waals surface area (Å²) < 4.78 is 0. The molecule has 0 aromatic heterocycles. The highest BCUT2D eigenvalue weighted by Gasteiger charge is 2.10. The highest BCUT2D eigenvalue weighted by molar-refractivity contribution is 5.50. The normalized spacial score (nSPS) is 11.9. The first kappa shape index (κ1) is 11.5. The van der Waals surface area contributed by atoms with E-state index in [1.807, 2.05) is 24.3 Å². The lowest BCUT2D eigenvalue weighted by molar-refractivity contribution is 0.657. The molecule has 0 saturated carbocycles. The molecule has 1 atom stereocenters. The zero-order valence-corrected chi connectivity index (χ0v) is 9.27. The van der Waals surface area contributed by atoms with Crippen molar-refractivity contribution in [1.82, 2.24) is 0 Å². The minimum atomic E-state index is 0.322. The summed E-state index contributed by atoms with van der Waals surface area (Å²) in [6, 6.07) is 10.0. The van der Waals surface area contributed by atoms with Crippen LogP contribution in [0.15, 0.2) is 24.3 Å². The molecule has 15 heavy (non-hydrogen) atoms. The van der Waals surface area contributed by atoms with Crippen LogP contribution in [0.2, 0.25) is 0 Å². The Kier molecular flexibility index (Phi) is 4.14. The van der Waals surface area contributed by atoms with Crippen LogP contribution in [0.4, 0.5) is 5.69 Å². The predicted molar refractivity (Wildman–Crippen MR) is 62.7 cm³/mol. The maximum atomic E-state index is 8.70. The van der Waals surface area contributed by atoms with Crippen molar-refractivity contribution in [2.24, 2.45) is 5.73 Å². The van der Waals surface area contributed by atoms with Crippen LogP contribution >= 0.6 is 0 Å². The highest BCUT2D eigenvalue weighted by atomic mass is 15.2. The Morgan fingerprint density at radius 1 is 1.40 bits per heavy atom. The minimum absolute atomic E-state index is 0.322. The van der Waals surface area contributed by atoms with Gasteiger partial charge >= 0.3 is 0 Å². The van der Waals surface area contributed by atoms with Crippen LogP contribution in [0.3, 0.4) is 0 Å². The maximum absolute atomic E-state index is 8.70. The van der Waals surface area contributed by atoms with Crippen molar-refractivity contribution in [2.45, 2.75) is 19.9 Å². The third kappa shape index (κ3) is 2.71. The van der Waals surface area contributed by atoms with E-state index in [1.54, 1.807) is 0 Å². The third-order valence-electron chi connectivity index (χ3n) is 2.54. The Bertz CT molecular complexity index is 337. The lowest BCUT2D eigenvalue weighted by Gasteiger charge is -2.29. The van der Waals surface area contributed by atoms with Crippen molar-refractivity contribution in [1.29, 1.82) is 5.26 Å². The van der Waals surface area contributed by atoms with Gasteiger partial charge in [-0.05, 0) is 38.1 Å². The van der Waals surface area contributed by atoms with E-state index in [-0.39, 0.29) is 0 Å². The lowest BCUT2D eigenvalue weighted by Crippen LogP contribution is -2.38. The van der Waals surface area contributed by atoms with Crippen LogP contribution < -0.4 is 10.6 Å². The fraction of sp³-hybridized carbons (Fsp3) is 0.417. The highest BCUT2D eigenvalue weighted by Crippen LogP contribution is 2.17. The molecule has 0 aliphatic heterocycles. The molecule has 0 aliphatic carbocycles. The van der Waals surface area contributed by atoms with E-state index in [1.165, 1.54) is 0 Å². The number of anilines is 1. The second kappa shape index (κ2) is 5.38. The molecule has 1 unspecified atom stereocenters. The topological polar surface area (TPSA) is 53.0 Å². The average Bonchev–Trinajstić information content (AvgIpc) is 2.30. The molecule has 3 nitrogen and oxygen atoms in total. The molecule has 1 rings (SSSR count). The summed E-state index contributed by atoms with van der Waals surface area (Å²) in [5.41, 5.74) is 7.46. The van der Waals surface area contributed by atoms with E-state index in [9.17, 15) is 0 Å². The number of benzene rings is 1. The maximum Gasteiger partial charge on any atom is 0.0991 e. The van der Waals surface area contributed by atoms with Crippen LogP contribution in [0.5, 0.6) is 0 Å². The monoisotopic (exact) mass is 203 g/mol. The second-order valence-electron chi connectivity index (χ2n) is 3.53. The lowest BCUT2D eigenvalue weighted by atomic mass is 10.2. The van der Waals surface area contributed by atoms with Crippen molar-refractivity contribution in [3.05, 3.63) is 29.8 Å². The first-order valence-corrected chi connectivity index (χ1v) is 5.19. The number of rotatable bonds is 4. The number of hydrogen-bond acceptors (Lipinski definition) is 3. The zero-order valence-electron chi connectivity index (χ0n) is 9.27. The summed E-state index contributed by atoms with van der Waals surface area (Å²) in [5.74, 6) is 0. The number of nitrogens with zero attached hydrogens (tertiary/aromatic N) is 2. The van der Waals surface area contributed by atoms with E-state index in [4.69, 9.17) is 11.0 Å². The summed E-state index contributed by atoms with van der Waals surface area (Å²) in [6.45, 7) is 5.75. The van der Waals surface area contributed by atoms with Crippen LogP contribution in [-0.4, -0.2) is 19.1 Å². The molecule has 1 aromatic carbocycles. The molecular formula is C12H17N3. The Morgan fingerprint density at radius 2 is 2.00 bits per heavy atom. The van der Waals surface area contributed by atoms with Crippen molar-refractivity contribution >= 4 is 5.69 Å². The van der Waals surface area contributed by atoms with E-state index < -0.39 is 0 Å². The van der Waals surface area contributed by atoms with Gasteiger partial charge in [0.2, 0.25) is 0 Å². The number of likely N-dealkylation sites (N-methyl/N-ethyl adjacent to an activating group) is 1. The summed E-state index contributed by atoms with van der Waals surface area (Å²) in [5, 5.41) is 8.70. The molecule has 0 bridgehead atoms. The Morgan fingerprint density at radius 3 is 2.40 bits per heavy atom. The van der Waals surface area contributed by atoms with Gasteiger partial charge in [0.25, 0.3) is 0 Å². The van der Waals surface area contributed by atoms with Gasteiger partial charge in [0.05, 0.1) is 11.6 Å². The first-order chi connectivity index (χ1) is 7.22.